The third-order valence-electron chi connectivity index (χ3n) is 5.55. The van der Waals surface area contributed by atoms with Gasteiger partial charge in [-0.3, -0.25) is 32.1 Å². The van der Waals surface area contributed by atoms with Crippen LogP contribution in [0, 0.1) is 6.42 Å². The molecule has 1 aromatic rings. The van der Waals surface area contributed by atoms with Crippen molar-refractivity contribution in [3.63, 3.8) is 0 Å². The van der Waals surface area contributed by atoms with Crippen LogP contribution in [0.4, 0.5) is 0 Å². The number of rotatable bonds is 21. The summed E-state index contributed by atoms with van der Waals surface area (Å²) in [6.07, 6.45) is -18.0. The standard InChI is InChI=1S/C18H26NO27S6/c20-18(17(46-52(36,37)38)16(45-51(33,34)35)13(43-49(27,28)29)9-40-47(21,22)23)19-7-12-15(44-50(30,31)32)11(42-48(24,25)26)6-14(41-12)39-8-10-4-2-1-3-5-10/h1-6,11-17H,7-9H2,(H,19,20)(H,21,22,23)(H,24,25,26)(H,27,28,29)(H,30,31,32)(H,33,34,35)(H,36,37,38)/t11-,12-,13-,14+,15+,16-,17-/m1/s1. The van der Waals surface area contributed by atoms with E-state index in [1.54, 1.807) is 23.5 Å². The van der Waals surface area contributed by atoms with Crippen LogP contribution in [0.15, 0.2) is 30.3 Å². The van der Waals surface area contributed by atoms with E-state index in [9.17, 15) is 73.5 Å². The van der Waals surface area contributed by atoms with Crippen LogP contribution in [-0.4, -0.2) is 140 Å². The van der Waals surface area contributed by atoms with Crippen LogP contribution in [0.2, 0.25) is 0 Å². The van der Waals surface area contributed by atoms with Crippen LogP contribution < -0.4 is 5.32 Å². The van der Waals surface area contributed by atoms with Gasteiger partial charge in [0, 0.05) is 6.54 Å². The summed E-state index contributed by atoms with van der Waals surface area (Å²) >= 11 is 0. The van der Waals surface area contributed by atoms with Crippen LogP contribution >= 0.6 is 0 Å². The molecule has 1 aliphatic rings. The number of nitrogens with one attached hydrogen (secondary N) is 1. The molecule has 7 N–H and O–H groups in total. The van der Waals surface area contributed by atoms with Gasteiger partial charge in [0.1, 0.15) is 30.5 Å². The summed E-state index contributed by atoms with van der Waals surface area (Å²) in [5, 5.41) is 1.63. The molecular formula is C18H26NO27S6. The fourth-order valence-electron chi connectivity index (χ4n) is 3.88. The van der Waals surface area contributed by atoms with E-state index in [0.29, 0.717) is 12.0 Å². The highest BCUT2D eigenvalue weighted by molar-refractivity contribution is 7.82. The lowest BCUT2D eigenvalue weighted by Gasteiger charge is -2.39. The van der Waals surface area contributed by atoms with E-state index >= 15 is 0 Å². The van der Waals surface area contributed by atoms with E-state index in [1.165, 1.54) is 12.1 Å². The number of ether oxygens (including phenoxy) is 2. The third kappa shape index (κ3) is 18.7. The van der Waals surface area contributed by atoms with Crippen molar-refractivity contribution in [3.05, 3.63) is 42.3 Å². The number of hydrogen-bond acceptors (Lipinski definition) is 21. The van der Waals surface area contributed by atoms with Crippen molar-refractivity contribution in [1.82, 2.24) is 5.32 Å². The molecule has 1 heterocycles. The van der Waals surface area contributed by atoms with E-state index in [4.69, 9.17) is 18.6 Å². The molecule has 0 aromatic heterocycles. The van der Waals surface area contributed by atoms with Gasteiger partial charge in [-0.2, -0.15) is 50.5 Å². The number of hydrogen-bond donors (Lipinski definition) is 7. The smallest absolute Gasteiger partial charge is 0.351 e. The Morgan fingerprint density at radius 3 is 1.73 bits per heavy atom. The summed E-state index contributed by atoms with van der Waals surface area (Å²) in [6.45, 7) is -3.71. The molecule has 0 bridgehead atoms. The first kappa shape index (κ1) is 46.0. The highest BCUT2D eigenvalue weighted by Gasteiger charge is 2.48. The van der Waals surface area contributed by atoms with Crippen molar-refractivity contribution >= 4 is 68.3 Å². The molecule has 7 atom stereocenters. The molecule has 1 radical (unpaired) electrons. The van der Waals surface area contributed by atoms with Crippen molar-refractivity contribution in [1.29, 1.82) is 0 Å². The second-order valence-electron chi connectivity index (χ2n) is 9.46. The summed E-state index contributed by atoms with van der Waals surface area (Å²) in [5.74, 6) is -2.15. The monoisotopic (exact) mass is 880 g/mol. The van der Waals surface area contributed by atoms with Crippen LogP contribution in [0.3, 0.4) is 0 Å². The van der Waals surface area contributed by atoms with Crippen LogP contribution in [0.25, 0.3) is 0 Å². The average Bonchev–Trinajstić information content (AvgIpc) is 2.93. The topological polar surface area (TPSA) is 429 Å². The first-order valence-electron chi connectivity index (χ1n) is 12.7. The van der Waals surface area contributed by atoms with Gasteiger partial charge in [0.15, 0.2) is 12.4 Å². The Labute approximate surface area is 294 Å². The normalized spacial score (nSPS) is 22.7. The molecule has 1 aliphatic heterocycles. The molecule has 0 spiro atoms. The molecule has 301 valence electrons. The molecule has 0 aliphatic carbocycles. The van der Waals surface area contributed by atoms with Crippen LogP contribution in [0.1, 0.15) is 5.56 Å². The fraction of sp³-hybridized carbons (Fsp3) is 0.556. The minimum Gasteiger partial charge on any atom is -0.351 e. The van der Waals surface area contributed by atoms with E-state index in [-0.39, 0.29) is 6.61 Å². The molecule has 0 saturated carbocycles. The van der Waals surface area contributed by atoms with Gasteiger partial charge >= 0.3 is 62.4 Å². The predicted molar refractivity (Wildman–Crippen MR) is 157 cm³/mol. The maximum absolute atomic E-state index is 13.2. The fourth-order valence-corrected chi connectivity index (χ4v) is 6.60. The van der Waals surface area contributed by atoms with E-state index in [1.807, 2.05) is 0 Å². The van der Waals surface area contributed by atoms with Gasteiger partial charge < -0.3 is 14.8 Å². The summed E-state index contributed by atoms with van der Waals surface area (Å²) in [4.78, 5) is 13.2. The minimum atomic E-state index is -6.05. The summed E-state index contributed by atoms with van der Waals surface area (Å²) in [7, 11) is -34.8. The number of amides is 1. The average molecular weight is 881 g/mol. The molecule has 1 saturated heterocycles. The maximum atomic E-state index is 13.2. The molecule has 2 rings (SSSR count). The first-order chi connectivity index (χ1) is 23.4. The molecule has 1 amide bonds. The molecule has 1 aromatic carbocycles. The Hall–Kier alpha value is -2.17. The Balaban J connectivity index is 2.59. The van der Waals surface area contributed by atoms with Gasteiger partial charge in [0.2, 0.25) is 0 Å². The Morgan fingerprint density at radius 2 is 1.25 bits per heavy atom. The van der Waals surface area contributed by atoms with Gasteiger partial charge in [-0.25, -0.2) is 25.1 Å². The van der Waals surface area contributed by atoms with Crippen LogP contribution in [-0.2, 0) is 108 Å². The lowest BCUT2D eigenvalue weighted by molar-refractivity contribution is -0.216. The zero-order chi connectivity index (χ0) is 39.9. The van der Waals surface area contributed by atoms with Crippen molar-refractivity contribution in [2.45, 2.75) is 49.5 Å². The van der Waals surface area contributed by atoms with Crippen molar-refractivity contribution < 1.29 is 117 Å². The second-order valence-corrected chi connectivity index (χ2v) is 15.8. The zero-order valence-corrected chi connectivity index (χ0v) is 29.7. The lowest BCUT2D eigenvalue weighted by Crippen LogP contribution is -2.58. The molecule has 28 nitrogen and oxygen atoms in total. The Bertz CT molecular complexity index is 2040. The number of carbonyl (C=O) groups is 1. The summed E-state index contributed by atoms with van der Waals surface area (Å²) in [5.41, 5.74) is 0.447. The van der Waals surface area contributed by atoms with Crippen molar-refractivity contribution in [2.75, 3.05) is 13.2 Å². The number of benzene rings is 1. The third-order valence-corrected chi connectivity index (χ3v) is 8.32. The number of carbonyl (C=O) groups excluding carboxylic acids is 1. The van der Waals surface area contributed by atoms with E-state index in [0.717, 1.165) is 0 Å². The molecule has 34 heteroatoms. The van der Waals surface area contributed by atoms with Gasteiger partial charge in [-0.1, -0.05) is 30.3 Å². The highest BCUT2D eigenvalue weighted by atomic mass is 32.3. The van der Waals surface area contributed by atoms with Crippen LogP contribution in [0.5, 0.6) is 0 Å². The lowest BCUT2D eigenvalue weighted by atomic mass is 10.0. The SMILES string of the molecule is O=C(NC[C@H]1O[C@H](OCc2ccccc2)[CH][C@@H](OS(=O)(=O)O)[C@@H]1OS(=O)(=O)O)[C@H](OS(=O)(=O)O)[C@H](OS(=O)(=O)O)[C@@H](COS(=O)(=O)O)OS(=O)(=O)O. The minimum absolute atomic E-state index is 0.344. The van der Waals surface area contributed by atoms with Crippen molar-refractivity contribution in [2.24, 2.45) is 0 Å². The first-order valence-corrected chi connectivity index (χ1v) is 20.9. The molecule has 0 unspecified atom stereocenters. The second kappa shape index (κ2) is 18.0. The van der Waals surface area contributed by atoms with Gasteiger partial charge in [0.05, 0.1) is 19.6 Å². The van der Waals surface area contributed by atoms with Gasteiger partial charge in [-0.05, 0) is 5.56 Å². The maximum Gasteiger partial charge on any atom is 0.398 e. The largest absolute Gasteiger partial charge is 0.398 e. The van der Waals surface area contributed by atoms with Gasteiger partial charge in [-0.15, -0.1) is 0 Å². The van der Waals surface area contributed by atoms with Gasteiger partial charge in [0.25, 0.3) is 5.91 Å². The van der Waals surface area contributed by atoms with Crippen molar-refractivity contribution in [3.8, 4) is 0 Å². The molecular weight excluding hydrogens is 855 g/mol. The quantitative estimate of drug-likeness (QED) is 0.0579. The molecule has 52 heavy (non-hydrogen) atoms. The summed E-state index contributed by atoms with van der Waals surface area (Å²) < 4.78 is 228. The predicted octanol–water partition coefficient (Wildman–Crippen LogP) is -3.99. The zero-order valence-electron chi connectivity index (χ0n) is 24.8. The highest BCUT2D eigenvalue weighted by Crippen LogP contribution is 2.28. The Morgan fingerprint density at radius 1 is 0.712 bits per heavy atom. The summed E-state index contributed by atoms with van der Waals surface area (Å²) in [6, 6.07) is 7.79. The van der Waals surface area contributed by atoms with E-state index in [2.05, 4.69) is 25.1 Å². The Kier molecular flexibility index (Phi) is 15.9. The van der Waals surface area contributed by atoms with E-state index < -0.39 is 124 Å². The molecule has 1 fully saturated rings.